The molecule has 0 saturated carbocycles. The summed E-state index contributed by atoms with van der Waals surface area (Å²) in [6.45, 7) is 9.73. The van der Waals surface area contributed by atoms with E-state index in [0.29, 0.717) is 5.56 Å². The number of thioether (sulfide) groups is 1. The van der Waals surface area contributed by atoms with Gasteiger partial charge in [0.15, 0.2) is 10.0 Å². The Bertz CT molecular complexity index is 907. The Kier molecular flexibility index (Phi) is 6.37. The molecule has 2 amide bonds. The lowest BCUT2D eigenvalue weighted by atomic mass is 9.96. The van der Waals surface area contributed by atoms with Gasteiger partial charge in [-0.3, -0.25) is 9.59 Å². The highest BCUT2D eigenvalue weighted by atomic mass is 32.2. The van der Waals surface area contributed by atoms with Crippen LogP contribution >= 0.6 is 11.8 Å². The van der Waals surface area contributed by atoms with Gasteiger partial charge in [0, 0.05) is 17.7 Å². The number of sulfonamides is 1. The number of carbonyl (C=O) groups excluding carboxylic acids is 2. The minimum Gasteiger partial charge on any atom is -0.303 e. The molecule has 1 heterocycles. The van der Waals surface area contributed by atoms with Crippen molar-refractivity contribution in [3.63, 3.8) is 0 Å². The molecule has 1 aromatic carbocycles. The Morgan fingerprint density at radius 1 is 1.29 bits per heavy atom. The highest BCUT2D eigenvalue weighted by molar-refractivity contribution is 8.14. The largest absolute Gasteiger partial charge is 0.303 e. The van der Waals surface area contributed by atoms with Gasteiger partial charge in [-0.2, -0.15) is 0 Å². The molecule has 0 aliphatic carbocycles. The molecule has 152 valence electrons. The van der Waals surface area contributed by atoms with Crippen molar-refractivity contribution in [2.75, 3.05) is 6.54 Å². The molecule has 1 aromatic rings. The second-order valence-electron chi connectivity index (χ2n) is 7.23. The zero-order valence-corrected chi connectivity index (χ0v) is 17.9. The van der Waals surface area contributed by atoms with Gasteiger partial charge < -0.3 is 5.32 Å². The number of amidine groups is 1. The first-order chi connectivity index (χ1) is 12.9. The minimum atomic E-state index is -3.74. The molecule has 0 radical (unpaired) electrons. The van der Waals surface area contributed by atoms with Gasteiger partial charge in [-0.25, -0.2) is 18.1 Å². The third kappa shape index (κ3) is 4.81. The summed E-state index contributed by atoms with van der Waals surface area (Å²) in [5.41, 5.74) is -0.00208. The molecular formula is C18H24N4O4S2. The van der Waals surface area contributed by atoms with E-state index >= 15 is 0 Å². The van der Waals surface area contributed by atoms with E-state index in [1.54, 1.807) is 45.0 Å². The van der Waals surface area contributed by atoms with E-state index in [1.807, 2.05) is 6.07 Å². The first kappa shape index (κ1) is 22.1. The second kappa shape index (κ2) is 8.06. The zero-order valence-electron chi connectivity index (χ0n) is 16.2. The van der Waals surface area contributed by atoms with E-state index in [9.17, 15) is 18.0 Å². The number of amides is 2. The maximum Gasteiger partial charge on any atom is 0.241 e. The molecule has 8 nitrogen and oxygen atoms in total. The molecule has 0 aromatic heterocycles. The van der Waals surface area contributed by atoms with Gasteiger partial charge in [-0.1, -0.05) is 57.7 Å². The summed E-state index contributed by atoms with van der Waals surface area (Å²) in [4.78, 5) is 23.5. The molecule has 1 atom stereocenters. The number of hydrogen-bond donors (Lipinski definition) is 2. The molecule has 0 fully saturated rings. The van der Waals surface area contributed by atoms with Gasteiger partial charge in [0.25, 0.3) is 0 Å². The van der Waals surface area contributed by atoms with Gasteiger partial charge in [0.05, 0.1) is 6.54 Å². The molecule has 1 aliphatic rings. The fraction of sp³-hybridized carbons (Fsp3) is 0.389. The predicted octanol–water partition coefficient (Wildman–Crippen LogP) is 1.93. The lowest BCUT2D eigenvalue weighted by Crippen LogP contribution is -2.48. The van der Waals surface area contributed by atoms with Crippen LogP contribution in [0.3, 0.4) is 0 Å². The Morgan fingerprint density at radius 2 is 1.89 bits per heavy atom. The molecule has 10 heteroatoms. The predicted molar refractivity (Wildman–Crippen MR) is 110 cm³/mol. The van der Waals surface area contributed by atoms with Crippen LogP contribution < -0.4 is 10.0 Å². The van der Waals surface area contributed by atoms with Crippen LogP contribution in [0.15, 0.2) is 47.4 Å². The third-order valence-corrected chi connectivity index (χ3v) is 6.21. The Morgan fingerprint density at radius 3 is 2.39 bits per heavy atom. The first-order valence-electron chi connectivity index (χ1n) is 8.49. The second-order valence-corrected chi connectivity index (χ2v) is 10.2. The molecular weight excluding hydrogens is 400 g/mol. The number of rotatable bonds is 5. The van der Waals surface area contributed by atoms with Crippen molar-refractivity contribution >= 4 is 38.8 Å². The molecule has 28 heavy (non-hydrogen) atoms. The SMILES string of the molecule is C=CS(=O)(=O)NCC1(c2ccccc2)SC(NC(=O)C(C)(C)C)=NN1C(C)=O. The smallest absolute Gasteiger partial charge is 0.241 e. The van der Waals surface area contributed by atoms with E-state index in [4.69, 9.17) is 0 Å². The average molecular weight is 425 g/mol. The topological polar surface area (TPSA) is 108 Å². The van der Waals surface area contributed by atoms with Gasteiger partial charge in [0.1, 0.15) is 0 Å². The molecule has 1 unspecified atom stereocenters. The number of hydrazone groups is 1. The van der Waals surface area contributed by atoms with Gasteiger partial charge in [-0.15, -0.1) is 5.10 Å². The van der Waals surface area contributed by atoms with Crippen molar-refractivity contribution in [3.05, 3.63) is 47.9 Å². The molecule has 0 bridgehead atoms. The monoisotopic (exact) mass is 424 g/mol. The fourth-order valence-corrected chi connectivity index (χ4v) is 4.26. The average Bonchev–Trinajstić information content (AvgIpc) is 3.00. The number of nitrogens with zero attached hydrogens (tertiary/aromatic N) is 2. The van der Waals surface area contributed by atoms with Crippen LogP contribution in [0, 0.1) is 5.41 Å². The van der Waals surface area contributed by atoms with Crippen molar-refractivity contribution in [2.45, 2.75) is 32.6 Å². The third-order valence-electron chi connectivity index (χ3n) is 3.96. The Balaban J connectivity index is 2.47. The van der Waals surface area contributed by atoms with Crippen molar-refractivity contribution in [3.8, 4) is 0 Å². The minimum absolute atomic E-state index is 0.159. The number of hydrogen-bond acceptors (Lipinski definition) is 6. The van der Waals surface area contributed by atoms with E-state index in [0.717, 1.165) is 17.2 Å². The van der Waals surface area contributed by atoms with Crippen LogP contribution in [-0.2, 0) is 24.5 Å². The maximum absolute atomic E-state index is 12.4. The molecule has 2 N–H and O–H groups in total. The molecule has 0 spiro atoms. The Hall–Kier alpha value is -2.17. The standard InChI is InChI=1S/C18H24N4O4S2/c1-6-28(25,26)19-12-18(14-10-8-7-9-11-14)22(13(2)23)21-16(27-18)20-15(24)17(3,4)5/h6-11,19H,1,12H2,2-5H3,(H,20,21,24). The molecule has 1 aliphatic heterocycles. The van der Waals surface area contributed by atoms with Crippen LogP contribution in [-0.4, -0.2) is 37.0 Å². The van der Waals surface area contributed by atoms with Gasteiger partial charge in [-0.05, 0) is 17.3 Å². The van der Waals surface area contributed by atoms with Crippen LogP contribution in [0.5, 0.6) is 0 Å². The van der Waals surface area contributed by atoms with E-state index < -0.39 is 26.2 Å². The van der Waals surface area contributed by atoms with Crippen LogP contribution in [0.25, 0.3) is 0 Å². The quantitative estimate of drug-likeness (QED) is 0.751. The number of benzene rings is 1. The molecule has 0 saturated heterocycles. The zero-order chi connectivity index (χ0) is 21.2. The van der Waals surface area contributed by atoms with Gasteiger partial charge in [0.2, 0.25) is 21.8 Å². The summed E-state index contributed by atoms with van der Waals surface area (Å²) in [7, 11) is -3.74. The summed E-state index contributed by atoms with van der Waals surface area (Å²) in [5, 5.41) is 9.20. The number of nitrogens with one attached hydrogen (secondary N) is 2. The molecule has 2 rings (SSSR count). The van der Waals surface area contributed by atoms with E-state index in [-0.39, 0.29) is 17.6 Å². The van der Waals surface area contributed by atoms with E-state index in [2.05, 4.69) is 21.7 Å². The van der Waals surface area contributed by atoms with Crippen LogP contribution in [0.1, 0.15) is 33.3 Å². The lowest BCUT2D eigenvalue weighted by Gasteiger charge is -2.34. The lowest BCUT2D eigenvalue weighted by molar-refractivity contribution is -0.132. The number of carbonyl (C=O) groups is 2. The first-order valence-corrected chi connectivity index (χ1v) is 10.8. The van der Waals surface area contributed by atoms with Crippen molar-refractivity contribution < 1.29 is 18.0 Å². The van der Waals surface area contributed by atoms with Crippen molar-refractivity contribution in [2.24, 2.45) is 10.5 Å². The summed E-state index contributed by atoms with van der Waals surface area (Å²) >= 11 is 1.11. The van der Waals surface area contributed by atoms with E-state index in [1.165, 1.54) is 11.9 Å². The van der Waals surface area contributed by atoms with Crippen LogP contribution in [0.4, 0.5) is 0 Å². The summed E-state index contributed by atoms with van der Waals surface area (Å²) in [6.07, 6.45) is 0. The van der Waals surface area contributed by atoms with Gasteiger partial charge >= 0.3 is 0 Å². The summed E-state index contributed by atoms with van der Waals surface area (Å²) in [6, 6.07) is 8.92. The van der Waals surface area contributed by atoms with Crippen molar-refractivity contribution in [1.29, 1.82) is 0 Å². The normalized spacial score (nSPS) is 19.9. The Labute approximate surface area is 169 Å². The summed E-state index contributed by atoms with van der Waals surface area (Å²) < 4.78 is 26.3. The maximum atomic E-state index is 12.4. The summed E-state index contributed by atoms with van der Waals surface area (Å²) in [5.74, 6) is -0.660. The highest BCUT2D eigenvalue weighted by Crippen LogP contribution is 2.45. The van der Waals surface area contributed by atoms with Crippen LogP contribution in [0.2, 0.25) is 0 Å². The fourth-order valence-electron chi connectivity index (χ4n) is 2.41. The highest BCUT2D eigenvalue weighted by Gasteiger charge is 2.48. The van der Waals surface area contributed by atoms with Crippen molar-refractivity contribution in [1.82, 2.24) is 15.0 Å².